The first-order valence-electron chi connectivity index (χ1n) is 8.76. The highest BCUT2D eigenvalue weighted by atomic mass is 127. The number of guanidine groups is 1. The van der Waals surface area contributed by atoms with E-state index in [4.69, 9.17) is 0 Å². The SMILES string of the molecule is CN=C(NCCCn1cccn1)NCCc1c(C)[nH]c2ccccc12.I. The minimum atomic E-state index is 0. The summed E-state index contributed by atoms with van der Waals surface area (Å²) in [5.41, 5.74) is 3.82. The van der Waals surface area contributed by atoms with Crippen LogP contribution in [0, 0.1) is 6.92 Å². The number of aryl methyl sites for hydroxylation is 2. The Kier molecular flexibility index (Phi) is 7.96. The molecule has 0 amide bonds. The number of benzene rings is 1. The van der Waals surface area contributed by atoms with E-state index in [0.29, 0.717) is 0 Å². The van der Waals surface area contributed by atoms with Gasteiger partial charge in [-0.15, -0.1) is 24.0 Å². The van der Waals surface area contributed by atoms with Gasteiger partial charge in [-0.2, -0.15) is 5.10 Å². The quantitative estimate of drug-likeness (QED) is 0.217. The Morgan fingerprint density at radius 3 is 2.77 bits per heavy atom. The van der Waals surface area contributed by atoms with Crippen molar-refractivity contribution in [3.63, 3.8) is 0 Å². The predicted molar refractivity (Wildman–Crippen MR) is 118 cm³/mol. The van der Waals surface area contributed by atoms with Gasteiger partial charge >= 0.3 is 0 Å². The van der Waals surface area contributed by atoms with Crippen LogP contribution in [0.5, 0.6) is 0 Å². The van der Waals surface area contributed by atoms with Crippen molar-refractivity contribution in [2.75, 3.05) is 20.1 Å². The van der Waals surface area contributed by atoms with Crippen LogP contribution in [0.2, 0.25) is 0 Å². The van der Waals surface area contributed by atoms with Crippen molar-refractivity contribution in [2.45, 2.75) is 26.3 Å². The fourth-order valence-electron chi connectivity index (χ4n) is 3.06. The number of aliphatic imine (C=N–C) groups is 1. The van der Waals surface area contributed by atoms with E-state index in [0.717, 1.165) is 38.4 Å². The van der Waals surface area contributed by atoms with Gasteiger partial charge in [0.25, 0.3) is 0 Å². The van der Waals surface area contributed by atoms with E-state index in [9.17, 15) is 0 Å². The second kappa shape index (κ2) is 10.2. The molecule has 0 unspecified atom stereocenters. The molecule has 0 aliphatic heterocycles. The number of nitrogens with zero attached hydrogens (tertiary/aromatic N) is 3. The fourth-order valence-corrected chi connectivity index (χ4v) is 3.06. The number of nitrogens with one attached hydrogen (secondary N) is 3. The Balaban J connectivity index is 0.00000243. The van der Waals surface area contributed by atoms with Crippen molar-refractivity contribution in [2.24, 2.45) is 4.99 Å². The molecule has 7 heteroatoms. The van der Waals surface area contributed by atoms with Crippen LogP contribution in [0.15, 0.2) is 47.7 Å². The van der Waals surface area contributed by atoms with Gasteiger partial charge in [-0.1, -0.05) is 18.2 Å². The van der Waals surface area contributed by atoms with E-state index < -0.39 is 0 Å². The first-order chi connectivity index (χ1) is 12.3. The Morgan fingerprint density at radius 1 is 1.19 bits per heavy atom. The van der Waals surface area contributed by atoms with E-state index in [1.807, 2.05) is 16.9 Å². The van der Waals surface area contributed by atoms with E-state index in [-0.39, 0.29) is 24.0 Å². The van der Waals surface area contributed by atoms with E-state index in [1.54, 1.807) is 13.2 Å². The molecule has 0 radical (unpaired) electrons. The summed E-state index contributed by atoms with van der Waals surface area (Å²) in [5, 5.41) is 12.3. The third-order valence-corrected chi connectivity index (χ3v) is 4.33. The summed E-state index contributed by atoms with van der Waals surface area (Å²) in [6, 6.07) is 10.4. The molecule has 1 aromatic carbocycles. The van der Waals surface area contributed by atoms with E-state index in [1.165, 1.54) is 22.2 Å². The molecule has 0 spiro atoms. The lowest BCUT2D eigenvalue weighted by Crippen LogP contribution is -2.39. The Bertz CT molecular complexity index is 822. The summed E-state index contributed by atoms with van der Waals surface area (Å²) in [6.45, 7) is 4.76. The molecule has 26 heavy (non-hydrogen) atoms. The lowest BCUT2D eigenvalue weighted by molar-refractivity contribution is 0.570. The van der Waals surface area contributed by atoms with Gasteiger partial charge in [0, 0.05) is 55.7 Å². The summed E-state index contributed by atoms with van der Waals surface area (Å²) in [7, 11) is 1.81. The molecule has 0 fully saturated rings. The molecule has 2 aromatic heterocycles. The maximum absolute atomic E-state index is 4.29. The maximum Gasteiger partial charge on any atom is 0.190 e. The zero-order valence-corrected chi connectivity index (χ0v) is 17.7. The highest BCUT2D eigenvalue weighted by Crippen LogP contribution is 2.21. The minimum Gasteiger partial charge on any atom is -0.358 e. The van der Waals surface area contributed by atoms with Gasteiger partial charge < -0.3 is 15.6 Å². The van der Waals surface area contributed by atoms with Gasteiger partial charge in [0.2, 0.25) is 0 Å². The molecule has 140 valence electrons. The maximum atomic E-state index is 4.29. The minimum absolute atomic E-state index is 0. The molecular weight excluding hydrogens is 439 g/mol. The summed E-state index contributed by atoms with van der Waals surface area (Å²) in [5.74, 6) is 0.845. The predicted octanol–water partition coefficient (Wildman–Crippen LogP) is 3.09. The fraction of sp³-hybridized carbons (Fsp3) is 0.368. The highest BCUT2D eigenvalue weighted by molar-refractivity contribution is 14.0. The summed E-state index contributed by atoms with van der Waals surface area (Å²) >= 11 is 0. The second-order valence-corrected chi connectivity index (χ2v) is 6.07. The van der Waals surface area contributed by atoms with Gasteiger partial charge in [0.1, 0.15) is 0 Å². The molecule has 3 N–H and O–H groups in total. The van der Waals surface area contributed by atoms with Gasteiger partial charge in [-0.3, -0.25) is 9.67 Å². The lowest BCUT2D eigenvalue weighted by Gasteiger charge is -2.12. The van der Waals surface area contributed by atoms with Crippen molar-refractivity contribution >= 4 is 40.8 Å². The molecule has 2 heterocycles. The van der Waals surface area contributed by atoms with Crippen LogP contribution < -0.4 is 10.6 Å². The average molecular weight is 466 g/mol. The number of fused-ring (bicyclic) bond motifs is 1. The summed E-state index contributed by atoms with van der Waals surface area (Å²) < 4.78 is 1.94. The molecule has 0 atom stereocenters. The number of hydrogen-bond acceptors (Lipinski definition) is 2. The van der Waals surface area contributed by atoms with Gasteiger partial charge in [0.15, 0.2) is 5.96 Å². The molecule has 3 rings (SSSR count). The largest absolute Gasteiger partial charge is 0.358 e. The van der Waals surface area contributed by atoms with Crippen LogP contribution in [-0.4, -0.2) is 40.9 Å². The van der Waals surface area contributed by atoms with E-state index in [2.05, 4.69) is 56.9 Å². The van der Waals surface area contributed by atoms with Crippen LogP contribution in [-0.2, 0) is 13.0 Å². The van der Waals surface area contributed by atoms with Crippen LogP contribution in [0.4, 0.5) is 0 Å². The van der Waals surface area contributed by atoms with Crippen molar-refractivity contribution in [3.05, 3.63) is 54.0 Å². The van der Waals surface area contributed by atoms with Crippen molar-refractivity contribution < 1.29 is 0 Å². The van der Waals surface area contributed by atoms with Crippen molar-refractivity contribution in [1.82, 2.24) is 25.4 Å². The summed E-state index contributed by atoms with van der Waals surface area (Å²) in [6.07, 6.45) is 5.75. The van der Waals surface area contributed by atoms with Crippen LogP contribution >= 0.6 is 24.0 Å². The molecule has 0 aliphatic rings. The zero-order valence-electron chi connectivity index (χ0n) is 15.3. The number of H-pyrrole nitrogens is 1. The lowest BCUT2D eigenvalue weighted by atomic mass is 10.1. The zero-order chi connectivity index (χ0) is 17.5. The number of aromatic nitrogens is 3. The molecule has 3 aromatic rings. The number of hydrogen-bond donors (Lipinski definition) is 3. The first kappa shape index (κ1) is 20.3. The molecule has 0 aliphatic carbocycles. The Labute approximate surface area is 171 Å². The highest BCUT2D eigenvalue weighted by Gasteiger charge is 2.07. The molecule has 0 bridgehead atoms. The van der Waals surface area contributed by atoms with Crippen molar-refractivity contribution in [1.29, 1.82) is 0 Å². The molecular formula is C19H27IN6. The molecule has 0 saturated carbocycles. The van der Waals surface area contributed by atoms with Gasteiger partial charge in [-0.05, 0) is 37.5 Å². The third-order valence-electron chi connectivity index (χ3n) is 4.33. The van der Waals surface area contributed by atoms with E-state index >= 15 is 0 Å². The smallest absolute Gasteiger partial charge is 0.190 e. The number of para-hydroxylation sites is 1. The number of aromatic amines is 1. The Hall–Kier alpha value is -2.03. The number of rotatable bonds is 7. The normalized spacial score (nSPS) is 11.4. The topological polar surface area (TPSA) is 70.0 Å². The second-order valence-electron chi connectivity index (χ2n) is 6.07. The average Bonchev–Trinajstić information content (AvgIpc) is 3.25. The first-order valence-corrected chi connectivity index (χ1v) is 8.76. The Morgan fingerprint density at radius 2 is 2.00 bits per heavy atom. The molecule has 0 saturated heterocycles. The standard InChI is InChI=1S/C19H26N6.HI/c1-15-16(17-7-3-4-8-18(17)24-15)9-12-22-19(20-2)21-10-5-13-25-14-6-11-23-25;/h3-4,6-8,11,14,24H,5,9-10,12-13H2,1-2H3,(H2,20,21,22);1H. The van der Waals surface area contributed by atoms with Gasteiger partial charge in [0.05, 0.1) is 0 Å². The van der Waals surface area contributed by atoms with Crippen LogP contribution in [0.3, 0.4) is 0 Å². The van der Waals surface area contributed by atoms with Crippen LogP contribution in [0.1, 0.15) is 17.7 Å². The monoisotopic (exact) mass is 466 g/mol. The van der Waals surface area contributed by atoms with Gasteiger partial charge in [-0.25, -0.2) is 0 Å². The third kappa shape index (κ3) is 5.23. The summed E-state index contributed by atoms with van der Waals surface area (Å²) in [4.78, 5) is 7.74. The molecule has 6 nitrogen and oxygen atoms in total. The van der Waals surface area contributed by atoms with Crippen molar-refractivity contribution in [3.8, 4) is 0 Å². The van der Waals surface area contributed by atoms with Crippen LogP contribution in [0.25, 0.3) is 10.9 Å². The number of halogens is 1.